The lowest BCUT2D eigenvalue weighted by molar-refractivity contribution is 0.258. The van der Waals surface area contributed by atoms with Gasteiger partial charge in [-0.15, -0.1) is 0 Å². The molecule has 0 saturated carbocycles. The maximum Gasteiger partial charge on any atom is 0.142 e. The van der Waals surface area contributed by atoms with Crippen LogP contribution in [-0.2, 0) is 0 Å². The molecule has 3 nitrogen and oxygen atoms in total. The highest BCUT2D eigenvalue weighted by Gasteiger charge is 2.24. The summed E-state index contributed by atoms with van der Waals surface area (Å²) >= 11 is 0. The molecule has 0 aromatic heterocycles. The van der Waals surface area contributed by atoms with E-state index in [1.54, 1.807) is 0 Å². The molecule has 0 radical (unpaired) electrons. The Balaban J connectivity index is 2.21. The van der Waals surface area contributed by atoms with Crippen LogP contribution in [0.1, 0.15) is 38.2 Å². The van der Waals surface area contributed by atoms with Crippen LogP contribution in [-0.4, -0.2) is 26.2 Å². The monoisotopic (exact) mass is 248 g/mol. The van der Waals surface area contributed by atoms with Gasteiger partial charge in [-0.2, -0.15) is 0 Å². The van der Waals surface area contributed by atoms with Crippen molar-refractivity contribution in [3.05, 3.63) is 23.8 Å². The summed E-state index contributed by atoms with van der Waals surface area (Å²) in [5, 5.41) is 0. The molecule has 1 unspecified atom stereocenters. The highest BCUT2D eigenvalue weighted by Crippen LogP contribution is 2.36. The number of benzene rings is 1. The minimum Gasteiger partial charge on any atom is -0.489 e. The van der Waals surface area contributed by atoms with Crippen molar-refractivity contribution in [2.75, 3.05) is 25.1 Å². The van der Waals surface area contributed by atoms with Gasteiger partial charge in [0.05, 0.1) is 11.7 Å². The Morgan fingerprint density at radius 2 is 2.22 bits per heavy atom. The summed E-state index contributed by atoms with van der Waals surface area (Å²) in [6, 6.07) is 6.97. The van der Waals surface area contributed by atoms with E-state index in [0.29, 0.717) is 12.0 Å². The average Bonchev–Trinajstić information content (AvgIpc) is 2.37. The van der Waals surface area contributed by atoms with Gasteiger partial charge in [0, 0.05) is 7.05 Å². The summed E-state index contributed by atoms with van der Waals surface area (Å²) in [4.78, 5) is 2.35. The van der Waals surface area contributed by atoms with Gasteiger partial charge in [0.25, 0.3) is 0 Å². The summed E-state index contributed by atoms with van der Waals surface area (Å²) in [5.74, 6) is 1.55. The molecule has 1 aliphatic heterocycles. The van der Waals surface area contributed by atoms with Crippen LogP contribution in [0.25, 0.3) is 0 Å². The van der Waals surface area contributed by atoms with E-state index in [-0.39, 0.29) is 0 Å². The fourth-order valence-corrected chi connectivity index (χ4v) is 2.42. The van der Waals surface area contributed by atoms with Crippen LogP contribution in [0.4, 0.5) is 5.69 Å². The Kier molecular flexibility index (Phi) is 4.12. The molecule has 1 heterocycles. The number of anilines is 1. The molecule has 1 aromatic carbocycles. The quantitative estimate of drug-likeness (QED) is 0.890. The Hall–Kier alpha value is -1.22. The Bertz CT molecular complexity index is 403. The standard InChI is InChI=1S/C15H24N2O/c1-11(2)12-6-7-15-14(9-12)17(3)13(10-18-15)5-4-8-16/h6-7,9,11,13H,4-5,8,10,16H2,1-3H3. The SMILES string of the molecule is CC(C)c1ccc2c(c1)N(C)C(CCCN)CO2. The second-order valence-electron chi connectivity index (χ2n) is 5.39. The first-order valence-electron chi connectivity index (χ1n) is 6.83. The third-order valence-corrected chi connectivity index (χ3v) is 3.75. The van der Waals surface area contributed by atoms with Gasteiger partial charge in [-0.05, 0) is 43.0 Å². The number of nitrogens with zero attached hydrogens (tertiary/aromatic N) is 1. The highest BCUT2D eigenvalue weighted by atomic mass is 16.5. The summed E-state index contributed by atoms with van der Waals surface area (Å²) in [7, 11) is 2.16. The third kappa shape index (κ3) is 2.61. The normalized spacial score (nSPS) is 18.7. The van der Waals surface area contributed by atoms with E-state index in [2.05, 4.69) is 44.0 Å². The number of fused-ring (bicyclic) bond motifs is 1. The molecule has 18 heavy (non-hydrogen) atoms. The van der Waals surface area contributed by atoms with Crippen LogP contribution in [0.3, 0.4) is 0 Å². The van der Waals surface area contributed by atoms with Crippen LogP contribution < -0.4 is 15.4 Å². The topological polar surface area (TPSA) is 38.5 Å². The maximum atomic E-state index is 5.86. The first-order chi connectivity index (χ1) is 8.63. The van der Waals surface area contributed by atoms with Gasteiger partial charge in [-0.1, -0.05) is 19.9 Å². The second kappa shape index (κ2) is 5.61. The van der Waals surface area contributed by atoms with Gasteiger partial charge in [0.15, 0.2) is 0 Å². The molecule has 100 valence electrons. The molecule has 1 aromatic rings. The minimum atomic E-state index is 0.448. The van der Waals surface area contributed by atoms with E-state index in [1.165, 1.54) is 11.3 Å². The van der Waals surface area contributed by atoms with Crippen LogP contribution in [0.15, 0.2) is 18.2 Å². The average molecular weight is 248 g/mol. The predicted molar refractivity (Wildman–Crippen MR) is 76.5 cm³/mol. The number of hydrogen-bond donors (Lipinski definition) is 1. The Labute approximate surface area is 110 Å². The molecule has 0 amide bonds. The zero-order valence-electron chi connectivity index (χ0n) is 11.6. The lowest BCUT2D eigenvalue weighted by Gasteiger charge is -2.36. The molecule has 0 spiro atoms. The molecule has 0 saturated heterocycles. The second-order valence-corrected chi connectivity index (χ2v) is 5.39. The first kappa shape index (κ1) is 13.2. The molecule has 0 aliphatic carbocycles. The number of nitrogens with two attached hydrogens (primary N) is 1. The van der Waals surface area contributed by atoms with E-state index in [9.17, 15) is 0 Å². The molecule has 2 N–H and O–H groups in total. The van der Waals surface area contributed by atoms with Crippen molar-refractivity contribution in [1.82, 2.24) is 0 Å². The number of rotatable bonds is 4. The number of likely N-dealkylation sites (N-methyl/N-ethyl adjacent to an activating group) is 1. The van der Waals surface area contributed by atoms with Gasteiger partial charge < -0.3 is 15.4 Å². The summed E-state index contributed by atoms with van der Waals surface area (Å²) in [6.07, 6.45) is 2.15. The van der Waals surface area contributed by atoms with Crippen LogP contribution in [0.5, 0.6) is 5.75 Å². The maximum absolute atomic E-state index is 5.86. The van der Waals surface area contributed by atoms with E-state index >= 15 is 0 Å². The zero-order chi connectivity index (χ0) is 13.1. The smallest absolute Gasteiger partial charge is 0.142 e. The molecule has 0 bridgehead atoms. The lowest BCUT2D eigenvalue weighted by atomic mass is 10.0. The van der Waals surface area contributed by atoms with E-state index in [1.807, 2.05) is 0 Å². The van der Waals surface area contributed by atoms with Crippen molar-refractivity contribution >= 4 is 5.69 Å². The fraction of sp³-hybridized carbons (Fsp3) is 0.600. The lowest BCUT2D eigenvalue weighted by Crippen LogP contribution is -2.40. The zero-order valence-corrected chi connectivity index (χ0v) is 11.6. The van der Waals surface area contributed by atoms with Crippen LogP contribution in [0, 0.1) is 0 Å². The molecule has 1 atom stereocenters. The molecular formula is C15H24N2O. The molecular weight excluding hydrogens is 224 g/mol. The van der Waals surface area contributed by atoms with Crippen molar-refractivity contribution in [1.29, 1.82) is 0 Å². The van der Waals surface area contributed by atoms with Gasteiger partial charge in [0.1, 0.15) is 12.4 Å². The van der Waals surface area contributed by atoms with E-state index < -0.39 is 0 Å². The van der Waals surface area contributed by atoms with E-state index in [0.717, 1.165) is 31.7 Å². The summed E-state index contributed by atoms with van der Waals surface area (Å²) in [6.45, 7) is 5.96. The molecule has 1 aliphatic rings. The Morgan fingerprint density at radius 1 is 1.44 bits per heavy atom. The van der Waals surface area contributed by atoms with Gasteiger partial charge in [-0.3, -0.25) is 0 Å². The van der Waals surface area contributed by atoms with Crippen LogP contribution in [0.2, 0.25) is 0 Å². The predicted octanol–water partition coefficient (Wildman–Crippen LogP) is 2.75. The summed E-state index contributed by atoms with van der Waals surface area (Å²) in [5.41, 5.74) is 8.17. The van der Waals surface area contributed by atoms with Crippen molar-refractivity contribution < 1.29 is 4.74 Å². The van der Waals surface area contributed by atoms with E-state index in [4.69, 9.17) is 10.5 Å². The van der Waals surface area contributed by atoms with Gasteiger partial charge in [0.2, 0.25) is 0 Å². The molecule has 2 rings (SSSR count). The Morgan fingerprint density at radius 3 is 2.89 bits per heavy atom. The van der Waals surface area contributed by atoms with Crippen molar-refractivity contribution in [3.63, 3.8) is 0 Å². The van der Waals surface area contributed by atoms with Gasteiger partial charge >= 0.3 is 0 Å². The number of ether oxygens (including phenoxy) is 1. The highest BCUT2D eigenvalue weighted by molar-refractivity contribution is 5.62. The fourth-order valence-electron chi connectivity index (χ4n) is 2.42. The van der Waals surface area contributed by atoms with Crippen LogP contribution >= 0.6 is 0 Å². The van der Waals surface area contributed by atoms with Crippen molar-refractivity contribution in [3.8, 4) is 5.75 Å². The third-order valence-electron chi connectivity index (χ3n) is 3.75. The molecule has 0 fully saturated rings. The summed E-state index contributed by atoms with van der Waals surface area (Å²) < 4.78 is 5.86. The largest absolute Gasteiger partial charge is 0.489 e. The molecule has 3 heteroatoms. The first-order valence-corrected chi connectivity index (χ1v) is 6.83. The minimum absolute atomic E-state index is 0.448. The van der Waals surface area contributed by atoms with Crippen molar-refractivity contribution in [2.24, 2.45) is 5.73 Å². The number of hydrogen-bond acceptors (Lipinski definition) is 3. The van der Waals surface area contributed by atoms with Crippen molar-refractivity contribution in [2.45, 2.75) is 38.6 Å². The van der Waals surface area contributed by atoms with Gasteiger partial charge in [-0.25, -0.2) is 0 Å².